The minimum atomic E-state index is -0.849. The van der Waals surface area contributed by atoms with Gasteiger partial charge in [0, 0.05) is 36.3 Å². The predicted octanol–water partition coefficient (Wildman–Crippen LogP) is 5.29. The van der Waals surface area contributed by atoms with E-state index >= 15 is 4.39 Å². The topological polar surface area (TPSA) is 123 Å². The van der Waals surface area contributed by atoms with Gasteiger partial charge in [0.05, 0.1) is 24.6 Å². The number of fused-ring (bicyclic) bond motifs is 3. The first kappa shape index (κ1) is 30.3. The van der Waals surface area contributed by atoms with Crippen LogP contribution in [0, 0.1) is 11.6 Å². The van der Waals surface area contributed by atoms with Crippen molar-refractivity contribution in [2.75, 3.05) is 25.6 Å². The zero-order chi connectivity index (χ0) is 32.5. The lowest BCUT2D eigenvalue weighted by Crippen LogP contribution is -2.43. The number of amides is 1. The molecule has 3 heterocycles. The SMILES string of the molecule is COc1cc2nccc(Oc3ccc(NC(=O)c4cn(C(C)C)c(=O)n(Cc5ccc(F)cc5)c4=O)cc3F)c2c2c1OCCO2. The van der Waals surface area contributed by atoms with Crippen LogP contribution in [0.5, 0.6) is 28.7 Å². The quantitative estimate of drug-likeness (QED) is 0.246. The van der Waals surface area contributed by atoms with Crippen molar-refractivity contribution in [1.82, 2.24) is 14.1 Å². The Morgan fingerprint density at radius 3 is 2.41 bits per heavy atom. The van der Waals surface area contributed by atoms with E-state index in [9.17, 15) is 18.8 Å². The summed E-state index contributed by atoms with van der Waals surface area (Å²) in [5.41, 5.74) is -0.793. The number of rotatable bonds is 8. The highest BCUT2D eigenvalue weighted by Crippen LogP contribution is 2.48. The molecule has 0 saturated heterocycles. The average Bonchev–Trinajstić information content (AvgIpc) is 3.04. The predicted molar refractivity (Wildman–Crippen MR) is 165 cm³/mol. The van der Waals surface area contributed by atoms with Crippen molar-refractivity contribution in [1.29, 1.82) is 0 Å². The third-order valence-corrected chi connectivity index (χ3v) is 7.32. The number of carbonyl (C=O) groups is 1. The van der Waals surface area contributed by atoms with Crippen molar-refractivity contribution in [2.24, 2.45) is 0 Å². The summed E-state index contributed by atoms with van der Waals surface area (Å²) < 4.78 is 53.9. The lowest BCUT2D eigenvalue weighted by Gasteiger charge is -2.23. The Morgan fingerprint density at radius 1 is 0.978 bits per heavy atom. The van der Waals surface area contributed by atoms with E-state index in [1.54, 1.807) is 26.0 Å². The van der Waals surface area contributed by atoms with E-state index in [1.165, 1.54) is 60.5 Å². The highest BCUT2D eigenvalue weighted by Gasteiger charge is 2.25. The number of aromatic nitrogens is 3. The molecule has 11 nitrogen and oxygen atoms in total. The molecule has 0 atom stereocenters. The Balaban J connectivity index is 1.29. The van der Waals surface area contributed by atoms with Crippen LogP contribution in [0.1, 0.15) is 35.8 Å². The fourth-order valence-corrected chi connectivity index (χ4v) is 5.05. The van der Waals surface area contributed by atoms with Gasteiger partial charge in [-0.05, 0) is 49.7 Å². The van der Waals surface area contributed by atoms with Crippen LogP contribution in [0.4, 0.5) is 14.5 Å². The first-order chi connectivity index (χ1) is 22.1. The number of hydrogen-bond acceptors (Lipinski definition) is 8. The van der Waals surface area contributed by atoms with Crippen LogP contribution in [0.3, 0.4) is 0 Å². The molecule has 13 heteroatoms. The minimum absolute atomic E-state index is 0.0417. The molecule has 2 aromatic heterocycles. The second kappa shape index (κ2) is 12.3. The lowest BCUT2D eigenvalue weighted by atomic mass is 10.1. The Hall–Kier alpha value is -5.72. The third-order valence-electron chi connectivity index (χ3n) is 7.32. The van der Waals surface area contributed by atoms with E-state index in [0.717, 1.165) is 10.6 Å². The normalized spacial score (nSPS) is 12.3. The molecule has 1 N–H and O–H groups in total. The fraction of sp³-hybridized carbons (Fsp3) is 0.212. The molecule has 6 rings (SSSR count). The fourth-order valence-electron chi connectivity index (χ4n) is 5.05. The maximum Gasteiger partial charge on any atom is 0.331 e. The summed E-state index contributed by atoms with van der Waals surface area (Å²) in [5, 5.41) is 2.99. The molecule has 1 aliphatic rings. The number of halogens is 2. The van der Waals surface area contributed by atoms with Crippen LogP contribution in [0.2, 0.25) is 0 Å². The van der Waals surface area contributed by atoms with Gasteiger partial charge in [0.2, 0.25) is 5.75 Å². The first-order valence-corrected chi connectivity index (χ1v) is 14.3. The molecule has 236 valence electrons. The molecule has 0 aliphatic carbocycles. The van der Waals surface area contributed by atoms with Gasteiger partial charge in [0.25, 0.3) is 11.5 Å². The maximum atomic E-state index is 15.4. The number of benzene rings is 3. The Morgan fingerprint density at radius 2 is 1.72 bits per heavy atom. The first-order valence-electron chi connectivity index (χ1n) is 14.3. The van der Waals surface area contributed by atoms with Crippen LogP contribution in [-0.4, -0.2) is 40.3 Å². The van der Waals surface area contributed by atoms with Gasteiger partial charge in [-0.15, -0.1) is 0 Å². The van der Waals surface area contributed by atoms with E-state index in [2.05, 4.69) is 10.3 Å². The molecule has 0 fully saturated rings. The highest BCUT2D eigenvalue weighted by atomic mass is 19.1. The van der Waals surface area contributed by atoms with Gasteiger partial charge in [-0.1, -0.05) is 12.1 Å². The number of ether oxygens (including phenoxy) is 4. The average molecular weight is 631 g/mol. The Labute approximate surface area is 260 Å². The summed E-state index contributed by atoms with van der Waals surface area (Å²) >= 11 is 0. The van der Waals surface area contributed by atoms with Gasteiger partial charge in [0.1, 0.15) is 30.3 Å². The van der Waals surface area contributed by atoms with Crippen LogP contribution < -0.4 is 35.5 Å². The number of nitrogens with one attached hydrogen (secondary N) is 1. The molecule has 3 aromatic carbocycles. The van der Waals surface area contributed by atoms with Crippen molar-refractivity contribution in [3.05, 3.63) is 111 Å². The van der Waals surface area contributed by atoms with Crippen molar-refractivity contribution in [2.45, 2.75) is 26.4 Å². The van der Waals surface area contributed by atoms with Gasteiger partial charge in [-0.2, -0.15) is 0 Å². The number of hydrogen-bond donors (Lipinski definition) is 1. The molecule has 5 aromatic rings. The van der Waals surface area contributed by atoms with Crippen LogP contribution in [0.25, 0.3) is 10.9 Å². The van der Waals surface area contributed by atoms with E-state index < -0.39 is 28.8 Å². The summed E-state index contributed by atoms with van der Waals surface area (Å²) in [6, 6.07) is 11.9. The number of pyridine rings is 1. The molecule has 0 saturated carbocycles. The second-order valence-corrected chi connectivity index (χ2v) is 10.7. The molecule has 0 spiro atoms. The Kier molecular flexibility index (Phi) is 8.14. The minimum Gasteiger partial charge on any atom is -0.493 e. The number of nitrogens with zero attached hydrogens (tertiary/aromatic N) is 3. The molecule has 0 bridgehead atoms. The summed E-state index contributed by atoms with van der Waals surface area (Å²) in [4.78, 5) is 44.1. The standard InChI is InChI=1S/C33H28F2N4O7/c1-18(2)38-17-22(32(41)39(33(38)42)16-19-4-6-20(34)7-5-19)31(40)37-21-8-9-25(23(35)14-21)46-26-10-11-36-24-15-27(43-3)29-30(28(24)26)45-13-12-44-29/h4-11,14-15,17-18H,12-13,16H2,1-3H3,(H,37,40). The van der Waals surface area contributed by atoms with Crippen molar-refractivity contribution >= 4 is 22.5 Å². The van der Waals surface area contributed by atoms with Crippen molar-refractivity contribution in [3.8, 4) is 28.7 Å². The molecule has 1 aliphatic heterocycles. The van der Waals surface area contributed by atoms with Gasteiger partial charge in [0.15, 0.2) is 23.1 Å². The smallest absolute Gasteiger partial charge is 0.331 e. The molecule has 0 unspecified atom stereocenters. The van der Waals surface area contributed by atoms with Crippen LogP contribution >= 0.6 is 0 Å². The van der Waals surface area contributed by atoms with Crippen molar-refractivity contribution < 1.29 is 32.5 Å². The third kappa shape index (κ3) is 5.74. The lowest BCUT2D eigenvalue weighted by molar-refractivity contribution is 0.102. The van der Waals surface area contributed by atoms with E-state index in [1.807, 2.05) is 0 Å². The molecule has 0 radical (unpaired) electrons. The summed E-state index contributed by atoms with van der Waals surface area (Å²) in [7, 11) is 1.50. The largest absolute Gasteiger partial charge is 0.493 e. The summed E-state index contributed by atoms with van der Waals surface area (Å²) in [6.45, 7) is 3.89. The number of carbonyl (C=O) groups excluding carboxylic acids is 1. The van der Waals surface area contributed by atoms with Crippen LogP contribution in [0.15, 0.2) is 76.6 Å². The number of methoxy groups -OCH3 is 1. The van der Waals surface area contributed by atoms with E-state index in [-0.39, 0.29) is 35.3 Å². The molecular formula is C33H28F2N4O7. The highest BCUT2D eigenvalue weighted by molar-refractivity contribution is 6.04. The molecule has 46 heavy (non-hydrogen) atoms. The van der Waals surface area contributed by atoms with Crippen LogP contribution in [-0.2, 0) is 6.54 Å². The van der Waals surface area contributed by atoms with E-state index in [0.29, 0.717) is 46.9 Å². The monoisotopic (exact) mass is 630 g/mol. The summed E-state index contributed by atoms with van der Waals surface area (Å²) in [6.07, 6.45) is 2.68. The zero-order valence-corrected chi connectivity index (χ0v) is 25.0. The maximum absolute atomic E-state index is 15.4. The second-order valence-electron chi connectivity index (χ2n) is 10.7. The molecular weight excluding hydrogens is 602 g/mol. The zero-order valence-electron chi connectivity index (χ0n) is 25.0. The Bertz CT molecular complexity index is 2090. The van der Waals surface area contributed by atoms with Crippen molar-refractivity contribution in [3.63, 3.8) is 0 Å². The number of anilines is 1. The van der Waals surface area contributed by atoms with Gasteiger partial charge < -0.3 is 24.3 Å². The van der Waals surface area contributed by atoms with E-state index in [4.69, 9.17) is 18.9 Å². The van der Waals surface area contributed by atoms with Gasteiger partial charge in [-0.3, -0.25) is 23.7 Å². The van der Waals surface area contributed by atoms with Gasteiger partial charge >= 0.3 is 5.69 Å². The molecule has 1 amide bonds. The van der Waals surface area contributed by atoms with Gasteiger partial charge in [-0.25, -0.2) is 13.6 Å². The summed E-state index contributed by atoms with van der Waals surface area (Å²) in [5.74, 6) is -0.834.